The van der Waals surface area contributed by atoms with Gasteiger partial charge in [0.15, 0.2) is 17.6 Å². The summed E-state index contributed by atoms with van der Waals surface area (Å²) >= 11 is 5.83. The lowest BCUT2D eigenvalue weighted by molar-refractivity contribution is -0.128. The standard InChI is InChI=1S/C17H17ClN4O2/c1-11(16-21-20-15-5-3-4-10-22(15)16)19-17(23)12(2)24-14-8-6-13(18)7-9-14/h3-12H,1-2H3,(H,19,23)/t11-,12+/m0/s1. The lowest BCUT2D eigenvalue weighted by Crippen LogP contribution is -2.38. The van der Waals surface area contributed by atoms with Gasteiger partial charge in [0.25, 0.3) is 5.91 Å². The molecule has 0 aliphatic heterocycles. The number of rotatable bonds is 5. The first-order valence-electron chi connectivity index (χ1n) is 7.57. The number of halogens is 1. The lowest BCUT2D eigenvalue weighted by Gasteiger charge is -2.18. The Morgan fingerprint density at radius 1 is 1.17 bits per heavy atom. The summed E-state index contributed by atoms with van der Waals surface area (Å²) in [6.07, 6.45) is 1.22. The summed E-state index contributed by atoms with van der Waals surface area (Å²) in [5, 5.41) is 11.7. The van der Waals surface area contributed by atoms with Crippen molar-refractivity contribution in [3.8, 4) is 5.75 Å². The van der Waals surface area contributed by atoms with E-state index in [0.717, 1.165) is 5.65 Å². The summed E-state index contributed by atoms with van der Waals surface area (Å²) in [5.41, 5.74) is 0.735. The summed E-state index contributed by atoms with van der Waals surface area (Å²) in [6.45, 7) is 3.55. The smallest absolute Gasteiger partial charge is 0.261 e. The number of benzene rings is 1. The number of hydrogen-bond donors (Lipinski definition) is 1. The zero-order valence-electron chi connectivity index (χ0n) is 13.3. The number of aromatic nitrogens is 3. The highest BCUT2D eigenvalue weighted by Crippen LogP contribution is 2.17. The summed E-state index contributed by atoms with van der Waals surface area (Å²) in [4.78, 5) is 12.3. The average Bonchev–Trinajstić information content (AvgIpc) is 3.01. The average molecular weight is 345 g/mol. The molecule has 2 aromatic heterocycles. The molecular formula is C17H17ClN4O2. The molecule has 0 saturated carbocycles. The first-order valence-corrected chi connectivity index (χ1v) is 7.94. The van der Waals surface area contributed by atoms with Gasteiger partial charge in [0.1, 0.15) is 5.75 Å². The van der Waals surface area contributed by atoms with E-state index in [1.54, 1.807) is 31.2 Å². The molecular weight excluding hydrogens is 328 g/mol. The maximum Gasteiger partial charge on any atom is 0.261 e. The third-order valence-corrected chi connectivity index (χ3v) is 3.83. The molecule has 0 radical (unpaired) electrons. The van der Waals surface area contributed by atoms with Crippen molar-refractivity contribution in [3.05, 3.63) is 59.5 Å². The van der Waals surface area contributed by atoms with E-state index in [4.69, 9.17) is 16.3 Å². The number of ether oxygens (including phenoxy) is 1. The number of hydrogen-bond acceptors (Lipinski definition) is 4. The van der Waals surface area contributed by atoms with Crippen molar-refractivity contribution in [2.24, 2.45) is 0 Å². The first-order chi connectivity index (χ1) is 11.5. The number of nitrogens with one attached hydrogen (secondary N) is 1. The van der Waals surface area contributed by atoms with Gasteiger partial charge in [-0.25, -0.2) is 0 Å². The monoisotopic (exact) mass is 344 g/mol. The fourth-order valence-corrected chi connectivity index (χ4v) is 2.45. The molecule has 2 heterocycles. The van der Waals surface area contributed by atoms with Crippen molar-refractivity contribution in [2.75, 3.05) is 0 Å². The molecule has 7 heteroatoms. The molecule has 0 aliphatic rings. The van der Waals surface area contributed by atoms with Crippen LogP contribution in [0.2, 0.25) is 5.02 Å². The minimum absolute atomic E-state index is 0.231. The third-order valence-electron chi connectivity index (χ3n) is 3.58. The second-order valence-electron chi connectivity index (χ2n) is 5.43. The van der Waals surface area contributed by atoms with Gasteiger partial charge in [-0.2, -0.15) is 0 Å². The summed E-state index contributed by atoms with van der Waals surface area (Å²) < 4.78 is 7.47. The molecule has 6 nitrogen and oxygen atoms in total. The van der Waals surface area contributed by atoms with Gasteiger partial charge in [0.05, 0.1) is 6.04 Å². The van der Waals surface area contributed by atoms with Crippen LogP contribution in [0.4, 0.5) is 0 Å². The zero-order valence-corrected chi connectivity index (χ0v) is 14.1. The van der Waals surface area contributed by atoms with Crippen LogP contribution in [0.25, 0.3) is 5.65 Å². The van der Waals surface area contributed by atoms with E-state index in [1.807, 2.05) is 35.7 Å². The van der Waals surface area contributed by atoms with E-state index < -0.39 is 6.10 Å². The summed E-state index contributed by atoms with van der Waals surface area (Å²) in [7, 11) is 0. The molecule has 3 rings (SSSR count). The first kappa shape index (κ1) is 16.3. The zero-order chi connectivity index (χ0) is 17.1. The van der Waals surface area contributed by atoms with E-state index in [9.17, 15) is 4.79 Å². The Labute approximate surface area is 144 Å². The van der Waals surface area contributed by atoms with Crippen LogP contribution in [-0.4, -0.2) is 26.6 Å². The van der Waals surface area contributed by atoms with E-state index in [2.05, 4.69) is 15.5 Å². The van der Waals surface area contributed by atoms with Crippen LogP contribution < -0.4 is 10.1 Å². The van der Waals surface area contributed by atoms with Gasteiger partial charge in [-0.3, -0.25) is 9.20 Å². The highest BCUT2D eigenvalue weighted by Gasteiger charge is 2.20. The fourth-order valence-electron chi connectivity index (χ4n) is 2.32. The number of fused-ring (bicyclic) bond motifs is 1. The maximum atomic E-state index is 12.3. The molecule has 24 heavy (non-hydrogen) atoms. The Bertz CT molecular complexity index is 847. The molecule has 124 valence electrons. The van der Waals surface area contributed by atoms with Gasteiger partial charge in [-0.05, 0) is 50.2 Å². The topological polar surface area (TPSA) is 68.5 Å². The molecule has 0 fully saturated rings. The predicted octanol–water partition coefficient (Wildman–Crippen LogP) is 3.03. The minimum Gasteiger partial charge on any atom is -0.481 e. The Morgan fingerprint density at radius 2 is 1.92 bits per heavy atom. The summed E-state index contributed by atoms with van der Waals surface area (Å²) in [6, 6.07) is 12.2. The minimum atomic E-state index is -0.646. The van der Waals surface area contributed by atoms with Crippen LogP contribution in [0.1, 0.15) is 25.7 Å². The van der Waals surface area contributed by atoms with Crippen molar-refractivity contribution in [3.63, 3.8) is 0 Å². The molecule has 0 bridgehead atoms. The number of amides is 1. The van der Waals surface area contributed by atoms with E-state index in [1.165, 1.54) is 0 Å². The van der Waals surface area contributed by atoms with Crippen LogP contribution in [0.3, 0.4) is 0 Å². The molecule has 0 spiro atoms. The number of carbonyl (C=O) groups is 1. The molecule has 2 atom stereocenters. The lowest BCUT2D eigenvalue weighted by atomic mass is 10.2. The van der Waals surface area contributed by atoms with Crippen LogP contribution >= 0.6 is 11.6 Å². The van der Waals surface area contributed by atoms with Gasteiger partial charge < -0.3 is 10.1 Å². The molecule has 1 N–H and O–H groups in total. The number of nitrogens with zero attached hydrogens (tertiary/aromatic N) is 3. The molecule has 0 unspecified atom stereocenters. The van der Waals surface area contributed by atoms with Crippen molar-refractivity contribution in [2.45, 2.75) is 26.0 Å². The normalized spacial score (nSPS) is 13.5. The molecule has 3 aromatic rings. The largest absolute Gasteiger partial charge is 0.481 e. The van der Waals surface area contributed by atoms with Crippen molar-refractivity contribution in [1.29, 1.82) is 0 Å². The Kier molecular flexibility index (Phi) is 4.66. The second-order valence-corrected chi connectivity index (χ2v) is 5.87. The highest BCUT2D eigenvalue weighted by atomic mass is 35.5. The molecule has 0 aliphatic carbocycles. The van der Waals surface area contributed by atoms with Crippen LogP contribution in [0.5, 0.6) is 5.75 Å². The molecule has 1 aromatic carbocycles. The van der Waals surface area contributed by atoms with E-state index >= 15 is 0 Å². The number of pyridine rings is 1. The maximum absolute atomic E-state index is 12.3. The van der Waals surface area contributed by atoms with Crippen molar-refractivity contribution >= 4 is 23.2 Å². The quantitative estimate of drug-likeness (QED) is 0.772. The molecule has 0 saturated heterocycles. The van der Waals surface area contributed by atoms with Gasteiger partial charge in [0.2, 0.25) is 0 Å². The van der Waals surface area contributed by atoms with Gasteiger partial charge in [-0.15, -0.1) is 10.2 Å². The van der Waals surface area contributed by atoms with Crippen molar-refractivity contribution in [1.82, 2.24) is 19.9 Å². The van der Waals surface area contributed by atoms with Crippen LogP contribution in [0, 0.1) is 0 Å². The predicted molar refractivity (Wildman–Crippen MR) is 91.1 cm³/mol. The Morgan fingerprint density at radius 3 is 2.67 bits per heavy atom. The molecule has 1 amide bonds. The Hall–Kier alpha value is -2.60. The second kappa shape index (κ2) is 6.88. The number of carbonyl (C=O) groups excluding carboxylic acids is 1. The summed E-state index contributed by atoms with van der Waals surface area (Å²) in [5.74, 6) is 1.02. The van der Waals surface area contributed by atoms with Crippen LogP contribution in [-0.2, 0) is 4.79 Å². The SMILES string of the molecule is C[C@H](NC(=O)[C@@H](C)Oc1ccc(Cl)cc1)c1nnc2ccccn12. The van der Waals surface area contributed by atoms with Crippen molar-refractivity contribution < 1.29 is 9.53 Å². The third kappa shape index (κ3) is 3.49. The highest BCUT2D eigenvalue weighted by molar-refractivity contribution is 6.30. The van der Waals surface area contributed by atoms with Gasteiger partial charge in [-0.1, -0.05) is 17.7 Å². The van der Waals surface area contributed by atoms with Crippen LogP contribution in [0.15, 0.2) is 48.7 Å². The van der Waals surface area contributed by atoms with Gasteiger partial charge in [0, 0.05) is 11.2 Å². The van der Waals surface area contributed by atoms with Gasteiger partial charge >= 0.3 is 0 Å². The Balaban J connectivity index is 1.66. The van der Waals surface area contributed by atoms with E-state index in [-0.39, 0.29) is 11.9 Å². The fraction of sp³-hybridized carbons (Fsp3) is 0.235. The van der Waals surface area contributed by atoms with E-state index in [0.29, 0.717) is 16.6 Å².